The first-order valence-corrected chi connectivity index (χ1v) is 5.78. The highest BCUT2D eigenvalue weighted by atomic mass is 35.5. The lowest BCUT2D eigenvalue weighted by molar-refractivity contribution is -0.119. The average Bonchev–Trinajstić information content (AvgIpc) is 2.34. The van der Waals surface area contributed by atoms with Gasteiger partial charge < -0.3 is 20.3 Å². The van der Waals surface area contributed by atoms with Gasteiger partial charge in [0.15, 0.2) is 0 Å². The van der Waals surface area contributed by atoms with E-state index in [1.165, 1.54) is 14.0 Å². The van der Waals surface area contributed by atoms with E-state index in [9.17, 15) is 15.0 Å². The lowest BCUT2D eigenvalue weighted by atomic mass is 10.0. The van der Waals surface area contributed by atoms with Crippen molar-refractivity contribution in [2.75, 3.05) is 13.7 Å². The van der Waals surface area contributed by atoms with Crippen LogP contribution in [0.25, 0.3) is 0 Å². The largest absolute Gasteiger partial charge is 0.495 e. The monoisotopic (exact) mass is 273 g/mol. The maximum atomic E-state index is 10.7. The molecule has 0 aliphatic carbocycles. The van der Waals surface area contributed by atoms with Crippen LogP contribution in [0.15, 0.2) is 18.2 Å². The molecule has 0 aromatic heterocycles. The number of hydrogen-bond acceptors (Lipinski definition) is 4. The number of para-hydroxylation sites is 1. The molecule has 18 heavy (non-hydrogen) atoms. The van der Waals surface area contributed by atoms with Crippen molar-refractivity contribution < 1.29 is 19.7 Å². The maximum Gasteiger partial charge on any atom is 0.216 e. The summed E-state index contributed by atoms with van der Waals surface area (Å²) < 4.78 is 5.08. The number of aliphatic hydroxyl groups is 2. The van der Waals surface area contributed by atoms with Crippen molar-refractivity contribution in [1.82, 2.24) is 5.32 Å². The number of rotatable bonds is 5. The third-order valence-electron chi connectivity index (χ3n) is 2.44. The van der Waals surface area contributed by atoms with E-state index in [4.69, 9.17) is 16.3 Å². The standard InChI is InChI=1S/C12H16ClNO4/c1-7(15)14-6-10(16)11(17)8-4-3-5-9(13)12(8)18-2/h3-5,10-11,16-17H,6H2,1-2H3,(H,14,15). The van der Waals surface area contributed by atoms with Gasteiger partial charge in [-0.1, -0.05) is 23.7 Å². The highest BCUT2D eigenvalue weighted by Crippen LogP contribution is 2.33. The number of halogens is 1. The summed E-state index contributed by atoms with van der Waals surface area (Å²) in [4.78, 5) is 10.7. The van der Waals surface area contributed by atoms with Crippen LogP contribution in [0.1, 0.15) is 18.6 Å². The minimum Gasteiger partial charge on any atom is -0.495 e. The second-order valence-electron chi connectivity index (χ2n) is 3.81. The Morgan fingerprint density at radius 3 is 2.72 bits per heavy atom. The van der Waals surface area contributed by atoms with Gasteiger partial charge in [-0.2, -0.15) is 0 Å². The summed E-state index contributed by atoms with van der Waals surface area (Å²) in [6, 6.07) is 4.87. The van der Waals surface area contributed by atoms with E-state index in [-0.39, 0.29) is 12.5 Å². The molecule has 2 atom stereocenters. The molecule has 3 N–H and O–H groups in total. The lowest BCUT2D eigenvalue weighted by Gasteiger charge is -2.20. The molecule has 1 rings (SSSR count). The third-order valence-corrected chi connectivity index (χ3v) is 2.74. The predicted molar refractivity (Wildman–Crippen MR) is 67.7 cm³/mol. The molecule has 0 radical (unpaired) electrons. The van der Waals surface area contributed by atoms with Crippen LogP contribution in [-0.2, 0) is 4.79 Å². The molecule has 0 aliphatic heterocycles. The quantitative estimate of drug-likeness (QED) is 0.744. The number of benzene rings is 1. The van der Waals surface area contributed by atoms with Crippen LogP contribution in [0.5, 0.6) is 5.75 Å². The number of carbonyl (C=O) groups excluding carboxylic acids is 1. The molecule has 0 heterocycles. The molecule has 0 saturated carbocycles. The number of ether oxygens (including phenoxy) is 1. The summed E-state index contributed by atoms with van der Waals surface area (Å²) in [6.07, 6.45) is -2.33. The van der Waals surface area contributed by atoms with Crippen molar-refractivity contribution in [2.24, 2.45) is 0 Å². The fourth-order valence-corrected chi connectivity index (χ4v) is 1.80. The summed E-state index contributed by atoms with van der Waals surface area (Å²) in [5, 5.41) is 22.5. The zero-order valence-electron chi connectivity index (χ0n) is 10.2. The van der Waals surface area contributed by atoms with Crippen LogP contribution in [0.3, 0.4) is 0 Å². The van der Waals surface area contributed by atoms with Crippen molar-refractivity contribution in [1.29, 1.82) is 0 Å². The Bertz CT molecular complexity index is 425. The zero-order chi connectivity index (χ0) is 13.7. The molecule has 5 nitrogen and oxygen atoms in total. The van der Waals surface area contributed by atoms with Crippen LogP contribution < -0.4 is 10.1 Å². The molecule has 1 aromatic rings. The molecule has 0 bridgehead atoms. The van der Waals surface area contributed by atoms with Crippen molar-refractivity contribution in [2.45, 2.75) is 19.1 Å². The number of hydrogen-bond donors (Lipinski definition) is 3. The van der Waals surface area contributed by atoms with E-state index in [0.29, 0.717) is 16.3 Å². The molecular weight excluding hydrogens is 258 g/mol. The van der Waals surface area contributed by atoms with E-state index < -0.39 is 12.2 Å². The Kier molecular flexibility index (Phi) is 5.40. The van der Waals surface area contributed by atoms with E-state index in [1.54, 1.807) is 18.2 Å². The minimum atomic E-state index is -1.19. The van der Waals surface area contributed by atoms with Gasteiger partial charge in [0, 0.05) is 19.0 Å². The van der Waals surface area contributed by atoms with Gasteiger partial charge >= 0.3 is 0 Å². The van der Waals surface area contributed by atoms with Crippen LogP contribution in [0, 0.1) is 0 Å². The topological polar surface area (TPSA) is 78.8 Å². The van der Waals surface area contributed by atoms with Gasteiger partial charge in [-0.3, -0.25) is 4.79 Å². The Balaban J connectivity index is 2.86. The molecule has 100 valence electrons. The van der Waals surface area contributed by atoms with Gasteiger partial charge in [0.1, 0.15) is 18.0 Å². The van der Waals surface area contributed by atoms with Gasteiger partial charge in [-0.25, -0.2) is 0 Å². The summed E-state index contributed by atoms with van der Waals surface area (Å²) in [5.41, 5.74) is 0.378. The summed E-state index contributed by atoms with van der Waals surface area (Å²) in [5.74, 6) is 0.0350. The number of methoxy groups -OCH3 is 1. The minimum absolute atomic E-state index is 0.0494. The predicted octanol–water partition coefficient (Wildman–Crippen LogP) is 0.879. The van der Waals surface area contributed by atoms with E-state index >= 15 is 0 Å². The van der Waals surface area contributed by atoms with Gasteiger partial charge in [-0.15, -0.1) is 0 Å². The molecule has 1 aromatic carbocycles. The highest BCUT2D eigenvalue weighted by molar-refractivity contribution is 6.32. The molecule has 2 unspecified atom stereocenters. The average molecular weight is 274 g/mol. The van der Waals surface area contributed by atoms with Crippen molar-refractivity contribution in [3.8, 4) is 5.75 Å². The fraction of sp³-hybridized carbons (Fsp3) is 0.417. The lowest BCUT2D eigenvalue weighted by Crippen LogP contribution is -2.34. The Morgan fingerprint density at radius 2 is 2.17 bits per heavy atom. The van der Waals surface area contributed by atoms with Crippen molar-refractivity contribution in [3.05, 3.63) is 28.8 Å². The van der Waals surface area contributed by atoms with Gasteiger partial charge in [0.2, 0.25) is 5.91 Å². The smallest absolute Gasteiger partial charge is 0.216 e. The normalized spacial score (nSPS) is 13.8. The van der Waals surface area contributed by atoms with E-state index in [2.05, 4.69) is 5.32 Å². The van der Waals surface area contributed by atoms with Crippen LogP contribution in [-0.4, -0.2) is 35.9 Å². The Labute approximate surface area is 110 Å². The second kappa shape index (κ2) is 6.58. The van der Waals surface area contributed by atoms with Gasteiger partial charge in [-0.05, 0) is 6.07 Å². The maximum absolute atomic E-state index is 10.7. The van der Waals surface area contributed by atoms with Crippen LogP contribution >= 0.6 is 11.6 Å². The Hall–Kier alpha value is -1.30. The van der Waals surface area contributed by atoms with Crippen LogP contribution in [0.2, 0.25) is 5.02 Å². The highest BCUT2D eigenvalue weighted by Gasteiger charge is 2.23. The number of nitrogens with one attached hydrogen (secondary N) is 1. The molecule has 0 saturated heterocycles. The molecular formula is C12H16ClNO4. The van der Waals surface area contributed by atoms with E-state index in [0.717, 1.165) is 0 Å². The Morgan fingerprint density at radius 1 is 1.50 bits per heavy atom. The first-order valence-electron chi connectivity index (χ1n) is 5.40. The number of carbonyl (C=O) groups is 1. The van der Waals surface area contributed by atoms with Crippen LogP contribution in [0.4, 0.5) is 0 Å². The first kappa shape index (κ1) is 14.8. The molecule has 1 amide bonds. The van der Waals surface area contributed by atoms with Gasteiger partial charge in [0.25, 0.3) is 0 Å². The van der Waals surface area contributed by atoms with Crippen molar-refractivity contribution in [3.63, 3.8) is 0 Å². The van der Waals surface area contributed by atoms with Crippen molar-refractivity contribution >= 4 is 17.5 Å². The molecule has 6 heteroatoms. The fourth-order valence-electron chi connectivity index (χ4n) is 1.54. The summed E-state index contributed by atoms with van der Waals surface area (Å²) >= 11 is 5.92. The SMILES string of the molecule is COc1c(Cl)cccc1C(O)C(O)CNC(C)=O. The second-order valence-corrected chi connectivity index (χ2v) is 4.22. The van der Waals surface area contributed by atoms with Gasteiger partial charge in [0.05, 0.1) is 12.1 Å². The summed E-state index contributed by atoms with van der Waals surface area (Å²) in [7, 11) is 1.43. The molecule has 0 fully saturated rings. The molecule has 0 aliphatic rings. The first-order chi connectivity index (χ1) is 8.47. The molecule has 0 spiro atoms. The van der Waals surface area contributed by atoms with E-state index in [1.807, 2.05) is 0 Å². The summed E-state index contributed by atoms with van der Waals surface area (Å²) in [6.45, 7) is 1.28. The third kappa shape index (κ3) is 3.60. The number of aliphatic hydroxyl groups excluding tert-OH is 2. The number of amides is 1. The zero-order valence-corrected chi connectivity index (χ0v) is 10.9.